The number of rotatable bonds is 5. The van der Waals surface area contributed by atoms with Crippen molar-refractivity contribution < 1.29 is 23.0 Å². The largest absolute Gasteiger partial charge is 0.480 e. The molecule has 17 heavy (non-hydrogen) atoms. The predicted molar refractivity (Wildman–Crippen MR) is 56.8 cm³/mol. The summed E-state index contributed by atoms with van der Waals surface area (Å²) in [5.41, 5.74) is 5.84. The first-order chi connectivity index (χ1) is 7.97. The van der Waals surface area contributed by atoms with E-state index in [4.69, 9.17) is 15.6 Å². The molecule has 0 fully saturated rings. The van der Waals surface area contributed by atoms with Gasteiger partial charge in [-0.3, -0.25) is 0 Å². The van der Waals surface area contributed by atoms with Gasteiger partial charge < -0.3 is 15.6 Å². The van der Waals surface area contributed by atoms with Crippen molar-refractivity contribution in [3.8, 4) is 5.75 Å². The van der Waals surface area contributed by atoms with E-state index < -0.39 is 18.8 Å². The summed E-state index contributed by atoms with van der Waals surface area (Å²) in [6.07, 6.45) is -6.01. The summed E-state index contributed by atoms with van der Waals surface area (Å²) >= 11 is 0. The van der Waals surface area contributed by atoms with E-state index in [1.165, 1.54) is 12.1 Å². The van der Waals surface area contributed by atoms with Crippen LogP contribution in [0.2, 0.25) is 0 Å². The van der Waals surface area contributed by atoms with Crippen LogP contribution >= 0.6 is 0 Å². The standard InChI is InChI=1S/C11H14F3NO2/c12-11(13,14)10(7-15)17-9-3-1-8(2-4-9)5-6-16/h1-4,10,16H,5-7,15H2. The van der Waals surface area contributed by atoms with Crippen LogP contribution in [0.3, 0.4) is 0 Å². The molecule has 6 heteroatoms. The maximum atomic E-state index is 12.4. The molecule has 1 unspecified atom stereocenters. The van der Waals surface area contributed by atoms with Gasteiger partial charge in [0.1, 0.15) is 5.75 Å². The zero-order valence-electron chi connectivity index (χ0n) is 9.07. The molecular formula is C11H14F3NO2. The SMILES string of the molecule is NCC(Oc1ccc(CCO)cc1)C(F)(F)F. The number of hydrogen-bond acceptors (Lipinski definition) is 3. The Balaban J connectivity index is 2.67. The highest BCUT2D eigenvalue weighted by molar-refractivity contribution is 5.27. The summed E-state index contributed by atoms with van der Waals surface area (Å²) in [6.45, 7) is -0.629. The van der Waals surface area contributed by atoms with Crippen molar-refractivity contribution in [2.24, 2.45) is 5.73 Å². The second-order valence-corrected chi connectivity index (χ2v) is 3.50. The highest BCUT2D eigenvalue weighted by Crippen LogP contribution is 2.24. The Morgan fingerprint density at radius 3 is 2.24 bits per heavy atom. The quantitative estimate of drug-likeness (QED) is 0.831. The van der Waals surface area contributed by atoms with Crippen LogP contribution in [-0.4, -0.2) is 30.5 Å². The van der Waals surface area contributed by atoms with E-state index in [1.54, 1.807) is 12.1 Å². The van der Waals surface area contributed by atoms with Crippen molar-refractivity contribution in [2.45, 2.75) is 18.7 Å². The first kappa shape index (κ1) is 13.8. The average Bonchev–Trinajstić information content (AvgIpc) is 2.27. The summed E-state index contributed by atoms with van der Waals surface area (Å²) in [7, 11) is 0. The van der Waals surface area contributed by atoms with Gasteiger partial charge in [-0.05, 0) is 24.1 Å². The molecule has 96 valence electrons. The van der Waals surface area contributed by atoms with Crippen molar-refractivity contribution >= 4 is 0 Å². The number of alkyl halides is 3. The lowest BCUT2D eigenvalue weighted by atomic mass is 10.1. The first-order valence-corrected chi connectivity index (χ1v) is 5.10. The molecule has 0 saturated carbocycles. The minimum atomic E-state index is -4.47. The van der Waals surface area contributed by atoms with Crippen LogP contribution < -0.4 is 10.5 Å². The summed E-state index contributed by atoms with van der Waals surface area (Å²) in [6, 6.07) is 6.07. The lowest BCUT2D eigenvalue weighted by Crippen LogP contribution is -2.40. The third-order valence-electron chi connectivity index (χ3n) is 2.18. The lowest BCUT2D eigenvalue weighted by Gasteiger charge is -2.20. The molecule has 0 spiro atoms. The molecule has 1 atom stereocenters. The summed E-state index contributed by atoms with van der Waals surface area (Å²) in [5, 5.41) is 8.68. The monoisotopic (exact) mass is 249 g/mol. The summed E-state index contributed by atoms with van der Waals surface area (Å²) < 4.78 is 41.9. The summed E-state index contributed by atoms with van der Waals surface area (Å²) in [5.74, 6) is 0.111. The average molecular weight is 249 g/mol. The van der Waals surface area contributed by atoms with Crippen LogP contribution in [0, 0.1) is 0 Å². The van der Waals surface area contributed by atoms with Gasteiger partial charge in [-0.25, -0.2) is 0 Å². The number of hydrogen-bond donors (Lipinski definition) is 2. The Bertz CT molecular complexity index is 338. The fourth-order valence-electron chi connectivity index (χ4n) is 1.28. The Morgan fingerprint density at radius 2 is 1.82 bits per heavy atom. The molecule has 1 aromatic carbocycles. The fourth-order valence-corrected chi connectivity index (χ4v) is 1.28. The first-order valence-electron chi connectivity index (χ1n) is 5.10. The van der Waals surface area contributed by atoms with E-state index >= 15 is 0 Å². The van der Waals surface area contributed by atoms with Crippen molar-refractivity contribution in [3.05, 3.63) is 29.8 Å². The smallest absolute Gasteiger partial charge is 0.426 e. The van der Waals surface area contributed by atoms with Crippen LogP contribution in [0.25, 0.3) is 0 Å². The maximum absolute atomic E-state index is 12.4. The third-order valence-corrected chi connectivity index (χ3v) is 2.18. The Morgan fingerprint density at radius 1 is 1.24 bits per heavy atom. The number of aliphatic hydroxyl groups excluding tert-OH is 1. The minimum absolute atomic E-state index is 0.00577. The van der Waals surface area contributed by atoms with Crippen LogP contribution in [0.15, 0.2) is 24.3 Å². The van der Waals surface area contributed by atoms with Gasteiger partial charge in [-0.1, -0.05) is 12.1 Å². The maximum Gasteiger partial charge on any atom is 0.426 e. The molecule has 0 radical (unpaired) electrons. The van der Waals surface area contributed by atoms with Gasteiger partial charge in [-0.2, -0.15) is 13.2 Å². The molecule has 0 bridgehead atoms. The van der Waals surface area contributed by atoms with Crippen LogP contribution in [-0.2, 0) is 6.42 Å². The second-order valence-electron chi connectivity index (χ2n) is 3.50. The van der Waals surface area contributed by atoms with Gasteiger partial charge in [-0.15, -0.1) is 0 Å². The lowest BCUT2D eigenvalue weighted by molar-refractivity contribution is -0.191. The molecule has 0 saturated heterocycles. The molecule has 0 aromatic heterocycles. The number of halogens is 3. The van der Waals surface area contributed by atoms with Gasteiger partial charge in [0.2, 0.25) is 6.10 Å². The molecule has 0 aliphatic heterocycles. The number of nitrogens with two attached hydrogens (primary N) is 1. The number of aliphatic hydroxyl groups is 1. The molecular weight excluding hydrogens is 235 g/mol. The molecule has 0 heterocycles. The zero-order valence-corrected chi connectivity index (χ0v) is 9.07. The van der Waals surface area contributed by atoms with E-state index in [0.717, 1.165) is 5.56 Å². The van der Waals surface area contributed by atoms with Gasteiger partial charge in [0.15, 0.2) is 0 Å². The fraction of sp³-hybridized carbons (Fsp3) is 0.455. The van der Waals surface area contributed by atoms with Gasteiger partial charge >= 0.3 is 6.18 Å². The molecule has 3 nitrogen and oxygen atoms in total. The molecule has 1 aromatic rings. The third kappa shape index (κ3) is 4.24. The topological polar surface area (TPSA) is 55.5 Å². The van der Waals surface area contributed by atoms with Gasteiger partial charge in [0.05, 0.1) is 0 Å². The molecule has 0 amide bonds. The Labute approximate surface area is 97.0 Å². The molecule has 3 N–H and O–H groups in total. The van der Waals surface area contributed by atoms with Gasteiger partial charge in [0.25, 0.3) is 0 Å². The van der Waals surface area contributed by atoms with Crippen LogP contribution in [0.4, 0.5) is 13.2 Å². The molecule has 0 aliphatic rings. The Kier molecular flexibility index (Phi) is 4.77. The van der Waals surface area contributed by atoms with Crippen molar-refractivity contribution in [1.82, 2.24) is 0 Å². The van der Waals surface area contributed by atoms with Crippen molar-refractivity contribution in [2.75, 3.05) is 13.2 Å². The van der Waals surface area contributed by atoms with E-state index in [9.17, 15) is 13.2 Å². The van der Waals surface area contributed by atoms with Crippen molar-refractivity contribution in [1.29, 1.82) is 0 Å². The minimum Gasteiger partial charge on any atom is -0.480 e. The highest BCUT2D eigenvalue weighted by atomic mass is 19.4. The van der Waals surface area contributed by atoms with Gasteiger partial charge in [0, 0.05) is 13.2 Å². The summed E-state index contributed by atoms with van der Waals surface area (Å²) in [4.78, 5) is 0. The van der Waals surface area contributed by atoms with Crippen molar-refractivity contribution in [3.63, 3.8) is 0 Å². The molecule has 0 aliphatic carbocycles. The van der Waals surface area contributed by atoms with E-state index in [1.807, 2.05) is 0 Å². The van der Waals surface area contributed by atoms with E-state index in [0.29, 0.717) is 6.42 Å². The second kappa shape index (κ2) is 5.88. The van der Waals surface area contributed by atoms with Crippen LogP contribution in [0.5, 0.6) is 5.75 Å². The zero-order chi connectivity index (χ0) is 12.9. The highest BCUT2D eigenvalue weighted by Gasteiger charge is 2.40. The normalized spacial score (nSPS) is 13.5. The van der Waals surface area contributed by atoms with E-state index in [-0.39, 0.29) is 12.4 Å². The molecule has 1 rings (SSSR count). The van der Waals surface area contributed by atoms with Crippen LogP contribution in [0.1, 0.15) is 5.56 Å². The Hall–Kier alpha value is -1.27. The van der Waals surface area contributed by atoms with E-state index in [2.05, 4.69) is 0 Å². The number of ether oxygens (including phenoxy) is 1. The number of benzene rings is 1. The predicted octanol–water partition coefficient (Wildman–Crippen LogP) is 1.49.